The van der Waals surface area contributed by atoms with Crippen LogP contribution < -0.4 is 19.7 Å². The number of nitrogens with zero attached hydrogens (tertiary/aromatic N) is 1. The summed E-state index contributed by atoms with van der Waals surface area (Å²) in [6.07, 6.45) is 0.394. The maximum Gasteiger partial charge on any atom is 0.239 e. The summed E-state index contributed by atoms with van der Waals surface area (Å²) in [5, 5.41) is 2.66. The van der Waals surface area contributed by atoms with E-state index >= 15 is 0 Å². The molecule has 136 valence electrons. The van der Waals surface area contributed by atoms with Gasteiger partial charge in [-0.05, 0) is 30.7 Å². The molecule has 0 aliphatic carbocycles. The number of anilines is 2. The molecule has 0 saturated carbocycles. The average Bonchev–Trinajstić information content (AvgIpc) is 3.04. The van der Waals surface area contributed by atoms with Gasteiger partial charge in [-0.15, -0.1) is 0 Å². The summed E-state index contributed by atoms with van der Waals surface area (Å²) in [4.78, 5) is 26.7. The lowest BCUT2D eigenvalue weighted by Crippen LogP contribution is -2.33. The summed E-state index contributed by atoms with van der Waals surface area (Å²) >= 11 is 0. The molecule has 1 aliphatic heterocycles. The predicted molar refractivity (Wildman–Crippen MR) is 95.0 cm³/mol. The van der Waals surface area contributed by atoms with E-state index in [0.717, 1.165) is 0 Å². The topological polar surface area (TPSA) is 67.9 Å². The Balaban J connectivity index is 1.75. The lowest BCUT2D eigenvalue weighted by molar-refractivity contribution is -0.129. The van der Waals surface area contributed by atoms with E-state index < -0.39 is 17.6 Å². The lowest BCUT2D eigenvalue weighted by Gasteiger charge is -2.18. The molecule has 2 aromatic carbocycles. The highest BCUT2D eigenvalue weighted by Crippen LogP contribution is 2.32. The van der Waals surface area contributed by atoms with Crippen molar-refractivity contribution in [3.63, 3.8) is 0 Å². The quantitative estimate of drug-likeness (QED) is 0.835. The van der Waals surface area contributed by atoms with E-state index in [-0.39, 0.29) is 5.91 Å². The highest BCUT2D eigenvalue weighted by molar-refractivity contribution is 6.13. The van der Waals surface area contributed by atoms with Crippen molar-refractivity contribution in [2.75, 3.05) is 31.0 Å². The van der Waals surface area contributed by atoms with Gasteiger partial charge in [-0.2, -0.15) is 0 Å². The number of nitrogens with one attached hydrogen (secondary N) is 1. The molecule has 1 saturated heterocycles. The second-order valence-corrected chi connectivity index (χ2v) is 5.90. The number of ether oxygens (including phenoxy) is 2. The molecule has 6 nitrogen and oxygen atoms in total. The van der Waals surface area contributed by atoms with E-state index in [1.165, 1.54) is 38.5 Å². The first-order chi connectivity index (χ1) is 12.5. The van der Waals surface area contributed by atoms with Crippen LogP contribution in [0.3, 0.4) is 0 Å². The van der Waals surface area contributed by atoms with Crippen LogP contribution in [0.1, 0.15) is 6.42 Å². The third-order valence-electron chi connectivity index (χ3n) is 4.28. The monoisotopic (exact) mass is 358 g/mol. The number of halogens is 1. The number of amides is 2. The van der Waals surface area contributed by atoms with Crippen LogP contribution in [0.4, 0.5) is 15.8 Å². The smallest absolute Gasteiger partial charge is 0.239 e. The number of benzene rings is 2. The van der Waals surface area contributed by atoms with E-state index in [0.29, 0.717) is 35.8 Å². The van der Waals surface area contributed by atoms with Gasteiger partial charge in [-0.3, -0.25) is 9.59 Å². The fourth-order valence-corrected chi connectivity index (χ4v) is 2.89. The van der Waals surface area contributed by atoms with Crippen LogP contribution in [0.2, 0.25) is 0 Å². The van der Waals surface area contributed by atoms with Gasteiger partial charge >= 0.3 is 0 Å². The SMILES string of the molecule is COc1cc(OC)cc(N2CC[C@H](C(=O)Nc3ccc(F)cc3)C2=O)c1. The molecule has 0 unspecified atom stereocenters. The van der Waals surface area contributed by atoms with Crippen LogP contribution in [0.25, 0.3) is 0 Å². The molecule has 26 heavy (non-hydrogen) atoms. The first-order valence-corrected chi connectivity index (χ1v) is 8.12. The molecule has 2 amide bonds. The maximum atomic E-state index is 13.0. The largest absolute Gasteiger partial charge is 0.497 e. The zero-order chi connectivity index (χ0) is 18.7. The van der Waals surface area contributed by atoms with Gasteiger partial charge in [-0.1, -0.05) is 0 Å². The van der Waals surface area contributed by atoms with Crippen molar-refractivity contribution in [3.05, 3.63) is 48.3 Å². The Morgan fingerprint density at radius 3 is 2.31 bits per heavy atom. The molecule has 1 heterocycles. The van der Waals surface area contributed by atoms with E-state index in [1.807, 2.05) is 0 Å². The molecule has 0 aromatic heterocycles. The van der Waals surface area contributed by atoms with Crippen LogP contribution in [-0.2, 0) is 9.59 Å². The second kappa shape index (κ2) is 7.43. The van der Waals surface area contributed by atoms with Gasteiger partial charge in [0, 0.05) is 30.4 Å². The molecule has 1 N–H and O–H groups in total. The van der Waals surface area contributed by atoms with Crippen LogP contribution in [0, 0.1) is 11.7 Å². The van der Waals surface area contributed by atoms with Crippen LogP contribution in [0.15, 0.2) is 42.5 Å². The van der Waals surface area contributed by atoms with Crippen LogP contribution in [-0.4, -0.2) is 32.6 Å². The molecule has 1 aliphatic rings. The minimum absolute atomic E-state index is 0.292. The molecular formula is C19H19FN2O4. The van der Waals surface area contributed by atoms with Crippen molar-refractivity contribution in [1.29, 1.82) is 0 Å². The summed E-state index contributed by atoms with van der Waals surface area (Å²) in [6.45, 7) is 0.413. The molecule has 2 aromatic rings. The van der Waals surface area contributed by atoms with Crippen molar-refractivity contribution >= 4 is 23.2 Å². The zero-order valence-electron chi connectivity index (χ0n) is 14.5. The molecule has 7 heteroatoms. The normalized spacial score (nSPS) is 16.5. The van der Waals surface area contributed by atoms with Gasteiger partial charge in [-0.25, -0.2) is 4.39 Å². The molecular weight excluding hydrogens is 339 g/mol. The summed E-state index contributed by atoms with van der Waals surface area (Å²) in [5.74, 6) is -0.757. The second-order valence-electron chi connectivity index (χ2n) is 5.90. The van der Waals surface area contributed by atoms with Crippen LogP contribution >= 0.6 is 0 Å². The maximum absolute atomic E-state index is 13.0. The van der Waals surface area contributed by atoms with Gasteiger partial charge in [0.2, 0.25) is 11.8 Å². The van der Waals surface area contributed by atoms with Crippen LogP contribution in [0.5, 0.6) is 11.5 Å². The van der Waals surface area contributed by atoms with Gasteiger partial charge in [0.15, 0.2) is 0 Å². The third-order valence-corrected chi connectivity index (χ3v) is 4.28. The molecule has 1 atom stereocenters. The first-order valence-electron chi connectivity index (χ1n) is 8.12. The Bertz CT molecular complexity index is 801. The molecule has 0 spiro atoms. The Morgan fingerprint density at radius 2 is 1.73 bits per heavy atom. The Hall–Kier alpha value is -3.09. The Morgan fingerprint density at radius 1 is 1.12 bits per heavy atom. The molecule has 0 radical (unpaired) electrons. The average molecular weight is 358 g/mol. The number of rotatable bonds is 5. The first kappa shape index (κ1) is 17.7. The number of carbonyl (C=O) groups excluding carboxylic acids is 2. The zero-order valence-corrected chi connectivity index (χ0v) is 14.5. The number of hydrogen-bond acceptors (Lipinski definition) is 4. The predicted octanol–water partition coefficient (Wildman–Crippen LogP) is 2.83. The van der Waals surface area contributed by atoms with E-state index in [4.69, 9.17) is 9.47 Å². The van der Waals surface area contributed by atoms with Crippen molar-refractivity contribution < 1.29 is 23.5 Å². The summed E-state index contributed by atoms with van der Waals surface area (Å²) in [5.41, 5.74) is 1.06. The van der Waals surface area contributed by atoms with Crippen molar-refractivity contribution in [2.45, 2.75) is 6.42 Å². The fourth-order valence-electron chi connectivity index (χ4n) is 2.89. The van der Waals surface area contributed by atoms with Crippen molar-refractivity contribution in [3.8, 4) is 11.5 Å². The van der Waals surface area contributed by atoms with Crippen molar-refractivity contribution in [2.24, 2.45) is 5.92 Å². The third kappa shape index (κ3) is 3.61. The summed E-state index contributed by atoms with van der Waals surface area (Å²) in [7, 11) is 3.06. The molecule has 0 bridgehead atoms. The Labute approximate surface area is 150 Å². The highest BCUT2D eigenvalue weighted by Gasteiger charge is 2.38. The Kier molecular flexibility index (Phi) is 5.06. The van der Waals surface area contributed by atoms with Gasteiger partial charge < -0.3 is 19.7 Å². The lowest BCUT2D eigenvalue weighted by atomic mass is 10.1. The standard InChI is InChI=1S/C19H19FN2O4/c1-25-15-9-14(10-16(11-15)26-2)22-8-7-17(19(22)24)18(23)21-13-5-3-12(20)4-6-13/h3-6,9-11,17H,7-8H2,1-2H3,(H,21,23)/t17-/m1/s1. The molecule has 3 rings (SSSR count). The minimum atomic E-state index is -0.794. The summed E-state index contributed by atoms with van der Waals surface area (Å²) < 4.78 is 23.4. The van der Waals surface area contributed by atoms with Gasteiger partial charge in [0.1, 0.15) is 23.2 Å². The van der Waals surface area contributed by atoms with E-state index in [9.17, 15) is 14.0 Å². The molecule has 1 fully saturated rings. The minimum Gasteiger partial charge on any atom is -0.497 e. The fraction of sp³-hybridized carbons (Fsp3) is 0.263. The number of carbonyl (C=O) groups is 2. The number of hydrogen-bond donors (Lipinski definition) is 1. The highest BCUT2D eigenvalue weighted by atomic mass is 19.1. The summed E-state index contributed by atoms with van der Waals surface area (Å²) in [6, 6.07) is 10.6. The van der Waals surface area contributed by atoms with Crippen molar-refractivity contribution in [1.82, 2.24) is 0 Å². The number of methoxy groups -OCH3 is 2. The van der Waals surface area contributed by atoms with E-state index in [1.54, 1.807) is 23.1 Å². The van der Waals surface area contributed by atoms with Gasteiger partial charge in [0.05, 0.1) is 19.9 Å². The van der Waals surface area contributed by atoms with E-state index in [2.05, 4.69) is 5.32 Å². The van der Waals surface area contributed by atoms with Gasteiger partial charge in [0.25, 0.3) is 0 Å².